The maximum atomic E-state index is 14.0. The van der Waals surface area contributed by atoms with E-state index in [1.165, 1.54) is 37.1 Å². The minimum atomic E-state index is -0.570. The Bertz CT molecular complexity index is 1990. The number of phenolic OH excluding ortho intramolecular Hbond substituents is 1. The lowest BCUT2D eigenvalue weighted by Crippen LogP contribution is -2.34. The van der Waals surface area contributed by atoms with Crippen LogP contribution in [0.4, 0.5) is 17.1 Å². The van der Waals surface area contributed by atoms with Crippen LogP contribution in [0, 0.1) is 0 Å². The molecule has 0 saturated heterocycles. The second-order valence-electron chi connectivity index (χ2n) is 10.8. The topological polar surface area (TPSA) is 108 Å². The van der Waals surface area contributed by atoms with Gasteiger partial charge in [-0.05, 0) is 79.7 Å². The minimum absolute atomic E-state index is 0.00191. The second-order valence-corrected chi connectivity index (χ2v) is 13.3. The van der Waals surface area contributed by atoms with Crippen LogP contribution in [-0.4, -0.2) is 35.2 Å². The lowest BCUT2D eigenvalue weighted by atomic mass is 10.1. The minimum Gasteiger partial charge on any atom is -0.508 e. The Balaban J connectivity index is 1.23. The van der Waals surface area contributed by atoms with E-state index in [0.29, 0.717) is 22.6 Å². The first-order valence-corrected chi connectivity index (χ1v) is 16.7. The zero-order valence-electron chi connectivity index (χ0n) is 26.0. The van der Waals surface area contributed by atoms with Crippen molar-refractivity contribution in [2.45, 2.75) is 26.9 Å². The Morgan fingerprint density at radius 3 is 2.19 bits per heavy atom. The molecular formula is C38H31N3O5S2. The fourth-order valence-electron chi connectivity index (χ4n) is 5.14. The number of phenols is 1. The number of methoxy groups -OCH3 is 1. The van der Waals surface area contributed by atoms with Crippen LogP contribution in [0.2, 0.25) is 0 Å². The number of ether oxygens (including phenoxy) is 1. The van der Waals surface area contributed by atoms with E-state index >= 15 is 0 Å². The Hall–Kier alpha value is -5.45. The molecule has 6 rings (SSSR count). The molecule has 240 valence electrons. The highest BCUT2D eigenvalue weighted by atomic mass is 32.2. The van der Waals surface area contributed by atoms with Crippen LogP contribution in [0.1, 0.15) is 22.8 Å². The molecule has 48 heavy (non-hydrogen) atoms. The van der Waals surface area contributed by atoms with Crippen LogP contribution < -0.4 is 20.3 Å². The third kappa shape index (κ3) is 7.25. The zero-order valence-corrected chi connectivity index (χ0v) is 27.7. The van der Waals surface area contributed by atoms with Gasteiger partial charge >= 0.3 is 0 Å². The average Bonchev–Trinajstić information content (AvgIpc) is 3.11. The smallest absolute Gasteiger partial charge is 0.272 e. The molecule has 0 aromatic heterocycles. The van der Waals surface area contributed by atoms with Gasteiger partial charge in [-0.15, -0.1) is 11.8 Å². The number of fused-ring (bicyclic) bond motifs is 2. The van der Waals surface area contributed by atoms with E-state index in [2.05, 4.69) is 10.6 Å². The van der Waals surface area contributed by atoms with Gasteiger partial charge in [0, 0.05) is 37.6 Å². The fraction of sp³-hybridized carbons (Fsp3) is 0.0789. The maximum Gasteiger partial charge on any atom is 0.272 e. The quantitative estimate of drug-likeness (QED) is 0.107. The van der Waals surface area contributed by atoms with Crippen molar-refractivity contribution >= 4 is 64.4 Å². The van der Waals surface area contributed by atoms with Gasteiger partial charge in [-0.1, -0.05) is 60.3 Å². The summed E-state index contributed by atoms with van der Waals surface area (Å²) in [7, 11) is 1.45. The van der Waals surface area contributed by atoms with E-state index in [1.807, 2.05) is 61.5 Å². The molecule has 8 nitrogen and oxygen atoms in total. The molecule has 1 aliphatic rings. The van der Waals surface area contributed by atoms with E-state index < -0.39 is 17.1 Å². The van der Waals surface area contributed by atoms with E-state index in [-0.39, 0.29) is 17.4 Å². The molecule has 1 heterocycles. The number of aromatic hydroxyl groups is 1. The number of para-hydroxylation sites is 2. The van der Waals surface area contributed by atoms with Crippen LogP contribution >= 0.6 is 23.5 Å². The summed E-state index contributed by atoms with van der Waals surface area (Å²) in [6.45, 7) is 1.87. The molecular weight excluding hydrogens is 643 g/mol. The number of nitrogens with one attached hydrogen (secondary N) is 2. The number of anilines is 3. The third-order valence-corrected chi connectivity index (χ3v) is 9.66. The molecule has 0 aliphatic carbocycles. The van der Waals surface area contributed by atoms with Gasteiger partial charge in [0.15, 0.2) is 0 Å². The number of carbonyl (C=O) groups excluding carboxylic acids is 3. The molecule has 5 aromatic rings. The lowest BCUT2D eigenvalue weighted by Gasteiger charge is -2.32. The van der Waals surface area contributed by atoms with Gasteiger partial charge in [0.2, 0.25) is 5.91 Å². The number of hydrogen-bond acceptors (Lipinski definition) is 7. The van der Waals surface area contributed by atoms with Crippen molar-refractivity contribution in [3.63, 3.8) is 0 Å². The summed E-state index contributed by atoms with van der Waals surface area (Å²) in [6, 6.07) is 36.0. The highest BCUT2D eigenvalue weighted by Crippen LogP contribution is 2.48. The van der Waals surface area contributed by atoms with Crippen LogP contribution in [0.25, 0.3) is 6.08 Å². The van der Waals surface area contributed by atoms with E-state index in [1.54, 1.807) is 71.3 Å². The highest BCUT2D eigenvalue weighted by Gasteiger charge is 2.31. The zero-order chi connectivity index (χ0) is 33.6. The summed E-state index contributed by atoms with van der Waals surface area (Å²) < 4.78 is 5.39. The molecule has 0 radical (unpaired) electrons. The van der Waals surface area contributed by atoms with E-state index in [0.717, 1.165) is 26.1 Å². The van der Waals surface area contributed by atoms with Gasteiger partial charge in [-0.3, -0.25) is 19.3 Å². The molecule has 1 unspecified atom stereocenters. The van der Waals surface area contributed by atoms with Gasteiger partial charge in [-0.2, -0.15) is 0 Å². The lowest BCUT2D eigenvalue weighted by molar-refractivity contribution is -0.117. The first kappa shape index (κ1) is 32.5. The summed E-state index contributed by atoms with van der Waals surface area (Å²) in [5.74, 6) is -0.779. The molecule has 0 spiro atoms. The molecule has 1 aliphatic heterocycles. The van der Waals surface area contributed by atoms with Gasteiger partial charge in [0.25, 0.3) is 11.8 Å². The third-order valence-electron chi connectivity index (χ3n) is 7.45. The second kappa shape index (κ2) is 14.5. The number of nitrogens with zero attached hydrogens (tertiary/aromatic N) is 1. The number of thioether (sulfide) groups is 1. The van der Waals surface area contributed by atoms with Crippen LogP contribution in [-0.2, 0) is 9.59 Å². The number of amides is 3. The molecule has 0 bridgehead atoms. The van der Waals surface area contributed by atoms with Crippen molar-refractivity contribution < 1.29 is 24.2 Å². The van der Waals surface area contributed by atoms with Crippen molar-refractivity contribution in [1.29, 1.82) is 0 Å². The summed E-state index contributed by atoms with van der Waals surface area (Å²) >= 11 is 3.03. The van der Waals surface area contributed by atoms with Gasteiger partial charge in [0.1, 0.15) is 17.2 Å². The predicted molar refractivity (Wildman–Crippen MR) is 191 cm³/mol. The number of rotatable bonds is 9. The SMILES string of the molecule is COc1cc(O)ccc1/C=C(\NC(=O)c1ccccc1)C(=O)Nc1cccc(SC(C)C(=O)N2c3ccccc3Sc3ccccc32)c1. The van der Waals surface area contributed by atoms with Crippen molar-refractivity contribution in [2.24, 2.45) is 0 Å². The van der Waals surface area contributed by atoms with Crippen LogP contribution in [0.15, 0.2) is 142 Å². The van der Waals surface area contributed by atoms with Gasteiger partial charge in [0.05, 0.1) is 23.7 Å². The summed E-state index contributed by atoms with van der Waals surface area (Å²) in [4.78, 5) is 45.4. The standard InChI is InChI=1S/C38H31N3O5S2/c1-24(38(45)41-31-15-6-8-17-34(31)48-35-18-9-7-16-32(35)41)47-29-14-10-13-27(22-29)39-37(44)30(40-36(43)25-11-4-3-5-12-25)21-26-19-20-28(42)23-33(26)46-2/h3-24,42H,1-2H3,(H,39,44)(H,40,43)/b30-21-. The molecule has 5 aromatic carbocycles. The Kier molecular flexibility index (Phi) is 9.84. The van der Waals surface area contributed by atoms with Crippen LogP contribution in [0.5, 0.6) is 11.5 Å². The molecule has 3 N–H and O–H groups in total. The number of carbonyl (C=O) groups is 3. The van der Waals surface area contributed by atoms with Crippen molar-refractivity contribution in [3.8, 4) is 11.5 Å². The van der Waals surface area contributed by atoms with Gasteiger partial charge in [-0.25, -0.2) is 0 Å². The largest absolute Gasteiger partial charge is 0.508 e. The molecule has 0 saturated carbocycles. The summed E-state index contributed by atoms with van der Waals surface area (Å²) in [5.41, 5.74) is 3.00. The van der Waals surface area contributed by atoms with Crippen LogP contribution in [0.3, 0.4) is 0 Å². The maximum absolute atomic E-state index is 14.0. The summed E-state index contributed by atoms with van der Waals surface area (Å²) in [6.07, 6.45) is 1.49. The predicted octanol–water partition coefficient (Wildman–Crippen LogP) is 8.12. The first-order valence-electron chi connectivity index (χ1n) is 15.0. The van der Waals surface area contributed by atoms with Crippen molar-refractivity contribution in [1.82, 2.24) is 5.32 Å². The number of benzene rings is 5. The Morgan fingerprint density at radius 1 is 0.833 bits per heavy atom. The van der Waals surface area contributed by atoms with Gasteiger partial charge < -0.3 is 20.5 Å². The van der Waals surface area contributed by atoms with Crippen molar-refractivity contribution in [3.05, 3.63) is 138 Å². The molecule has 10 heteroatoms. The fourth-order valence-corrected chi connectivity index (χ4v) is 7.17. The molecule has 1 atom stereocenters. The number of hydrogen-bond donors (Lipinski definition) is 3. The Labute approximate surface area is 286 Å². The highest BCUT2D eigenvalue weighted by molar-refractivity contribution is 8.00. The van der Waals surface area contributed by atoms with E-state index in [9.17, 15) is 19.5 Å². The average molecular weight is 674 g/mol. The Morgan fingerprint density at radius 2 is 1.50 bits per heavy atom. The van der Waals surface area contributed by atoms with E-state index in [4.69, 9.17) is 4.74 Å². The van der Waals surface area contributed by atoms with Crippen molar-refractivity contribution in [2.75, 3.05) is 17.3 Å². The molecule has 0 fully saturated rings. The summed E-state index contributed by atoms with van der Waals surface area (Å²) in [5, 5.41) is 15.0. The monoisotopic (exact) mass is 673 g/mol. The normalized spacial score (nSPS) is 12.7. The molecule has 3 amide bonds. The first-order chi connectivity index (χ1) is 23.3.